The standard InChI is InChI=1S/C29H54O2/c1-3-5-7-9-11-13-14-15-16-17-18-19-21-23-25-27-29(30)31-28-26-24-22-20-12-10-8-6-4-2/h11,13,15-16H,3-10,12,14,17-28H2,1-2H3/b13-11+,16-15+. The van der Waals surface area contributed by atoms with E-state index in [-0.39, 0.29) is 5.97 Å². The lowest BCUT2D eigenvalue weighted by atomic mass is 10.1. The first-order valence-electron chi connectivity index (χ1n) is 13.8. The average Bonchev–Trinajstić information content (AvgIpc) is 2.77. The van der Waals surface area contributed by atoms with Gasteiger partial charge in [0.05, 0.1) is 6.61 Å². The quantitative estimate of drug-likeness (QED) is 0.0858. The van der Waals surface area contributed by atoms with Gasteiger partial charge in [0.2, 0.25) is 0 Å². The highest BCUT2D eigenvalue weighted by molar-refractivity contribution is 5.69. The third-order valence-corrected chi connectivity index (χ3v) is 5.84. The highest BCUT2D eigenvalue weighted by Crippen LogP contribution is 2.11. The molecule has 0 amide bonds. The molecule has 0 unspecified atom stereocenters. The maximum absolute atomic E-state index is 11.8. The van der Waals surface area contributed by atoms with E-state index in [1.165, 1.54) is 103 Å². The van der Waals surface area contributed by atoms with Gasteiger partial charge < -0.3 is 4.74 Å². The lowest BCUT2D eigenvalue weighted by Crippen LogP contribution is -2.05. The minimum absolute atomic E-state index is 0.00486. The van der Waals surface area contributed by atoms with Gasteiger partial charge >= 0.3 is 5.97 Å². The number of carbonyl (C=O) groups excluding carboxylic acids is 1. The molecular formula is C29H54O2. The summed E-state index contributed by atoms with van der Waals surface area (Å²) in [6.45, 7) is 5.13. The molecule has 0 aliphatic rings. The minimum atomic E-state index is 0.00486. The summed E-state index contributed by atoms with van der Waals surface area (Å²) in [4.78, 5) is 11.8. The van der Waals surface area contributed by atoms with Crippen molar-refractivity contribution in [1.29, 1.82) is 0 Å². The lowest BCUT2D eigenvalue weighted by Gasteiger charge is -2.05. The Morgan fingerprint density at radius 1 is 0.548 bits per heavy atom. The van der Waals surface area contributed by atoms with Crippen molar-refractivity contribution in [3.63, 3.8) is 0 Å². The molecule has 0 N–H and O–H groups in total. The van der Waals surface area contributed by atoms with E-state index in [0.717, 1.165) is 25.7 Å². The molecule has 0 aromatic heterocycles. The smallest absolute Gasteiger partial charge is 0.305 e. The normalized spacial score (nSPS) is 11.7. The molecule has 0 fully saturated rings. The molecule has 0 saturated carbocycles. The van der Waals surface area contributed by atoms with Gasteiger partial charge in [0.15, 0.2) is 0 Å². The van der Waals surface area contributed by atoms with Gasteiger partial charge in [0, 0.05) is 6.42 Å². The number of esters is 1. The van der Waals surface area contributed by atoms with Gasteiger partial charge in [-0.05, 0) is 44.9 Å². The van der Waals surface area contributed by atoms with Gasteiger partial charge in [-0.1, -0.05) is 122 Å². The highest BCUT2D eigenvalue weighted by Gasteiger charge is 2.02. The van der Waals surface area contributed by atoms with Crippen LogP contribution >= 0.6 is 0 Å². The van der Waals surface area contributed by atoms with E-state index in [1.54, 1.807) is 0 Å². The molecule has 31 heavy (non-hydrogen) atoms. The number of hydrogen-bond donors (Lipinski definition) is 0. The van der Waals surface area contributed by atoms with Crippen LogP contribution in [0.4, 0.5) is 0 Å². The predicted molar refractivity (Wildman–Crippen MR) is 138 cm³/mol. The van der Waals surface area contributed by atoms with Crippen LogP contribution in [0.1, 0.15) is 149 Å². The molecule has 0 rings (SSSR count). The summed E-state index contributed by atoms with van der Waals surface area (Å²) in [7, 11) is 0. The maximum atomic E-state index is 11.8. The molecular weight excluding hydrogens is 380 g/mol. The number of unbranched alkanes of at least 4 members (excludes halogenated alkanes) is 16. The van der Waals surface area contributed by atoms with Crippen molar-refractivity contribution < 1.29 is 9.53 Å². The lowest BCUT2D eigenvalue weighted by molar-refractivity contribution is -0.143. The molecule has 0 atom stereocenters. The predicted octanol–water partition coefficient (Wildman–Crippen LogP) is 9.87. The average molecular weight is 435 g/mol. The molecule has 0 spiro atoms. The summed E-state index contributed by atoms with van der Waals surface area (Å²) in [6.07, 6.45) is 34.9. The summed E-state index contributed by atoms with van der Waals surface area (Å²) in [6, 6.07) is 0. The molecule has 0 aliphatic heterocycles. The van der Waals surface area contributed by atoms with Gasteiger partial charge in [0.1, 0.15) is 0 Å². The van der Waals surface area contributed by atoms with Gasteiger partial charge in [0.25, 0.3) is 0 Å². The number of rotatable bonds is 24. The summed E-state index contributed by atoms with van der Waals surface area (Å²) >= 11 is 0. The first-order chi connectivity index (χ1) is 15.3. The molecule has 0 bridgehead atoms. The van der Waals surface area contributed by atoms with Gasteiger partial charge in [-0.2, -0.15) is 0 Å². The van der Waals surface area contributed by atoms with Crippen molar-refractivity contribution in [3.8, 4) is 0 Å². The van der Waals surface area contributed by atoms with Crippen molar-refractivity contribution in [2.45, 2.75) is 149 Å². The largest absolute Gasteiger partial charge is 0.466 e. The van der Waals surface area contributed by atoms with Crippen LogP contribution in [0, 0.1) is 0 Å². The first-order valence-corrected chi connectivity index (χ1v) is 13.8. The van der Waals surface area contributed by atoms with Gasteiger partial charge in [-0.3, -0.25) is 4.79 Å². The van der Waals surface area contributed by atoms with Gasteiger partial charge in [-0.25, -0.2) is 0 Å². The molecule has 0 aromatic rings. The van der Waals surface area contributed by atoms with E-state index in [0.29, 0.717) is 13.0 Å². The number of allylic oxidation sites excluding steroid dienone is 4. The zero-order chi connectivity index (χ0) is 22.7. The monoisotopic (exact) mass is 434 g/mol. The summed E-state index contributed by atoms with van der Waals surface area (Å²) < 4.78 is 5.37. The zero-order valence-corrected chi connectivity index (χ0v) is 21.2. The Morgan fingerprint density at radius 2 is 1.00 bits per heavy atom. The summed E-state index contributed by atoms with van der Waals surface area (Å²) in [5.74, 6) is 0.00486. The Balaban J connectivity index is 3.24. The maximum Gasteiger partial charge on any atom is 0.305 e. The van der Waals surface area contributed by atoms with E-state index >= 15 is 0 Å². The van der Waals surface area contributed by atoms with Gasteiger partial charge in [-0.15, -0.1) is 0 Å². The molecule has 2 heteroatoms. The Bertz CT molecular complexity index is 411. The molecule has 0 aliphatic carbocycles. The molecule has 0 aromatic carbocycles. The molecule has 0 heterocycles. The third kappa shape index (κ3) is 26.9. The van der Waals surface area contributed by atoms with Crippen molar-refractivity contribution in [2.75, 3.05) is 6.61 Å². The topological polar surface area (TPSA) is 26.3 Å². The Morgan fingerprint density at radius 3 is 1.61 bits per heavy atom. The summed E-state index contributed by atoms with van der Waals surface area (Å²) in [5.41, 5.74) is 0. The van der Waals surface area contributed by atoms with Crippen LogP contribution < -0.4 is 0 Å². The number of carbonyl (C=O) groups is 1. The molecule has 0 radical (unpaired) electrons. The number of hydrogen-bond acceptors (Lipinski definition) is 2. The van der Waals surface area contributed by atoms with Crippen molar-refractivity contribution >= 4 is 5.97 Å². The summed E-state index contributed by atoms with van der Waals surface area (Å²) in [5, 5.41) is 0. The fraction of sp³-hybridized carbons (Fsp3) is 0.828. The van der Waals surface area contributed by atoms with E-state index in [2.05, 4.69) is 38.2 Å². The van der Waals surface area contributed by atoms with Crippen LogP contribution in [0.3, 0.4) is 0 Å². The fourth-order valence-corrected chi connectivity index (χ4v) is 3.75. The molecule has 182 valence electrons. The van der Waals surface area contributed by atoms with Crippen molar-refractivity contribution in [1.82, 2.24) is 0 Å². The van der Waals surface area contributed by atoms with Crippen LogP contribution in [0.5, 0.6) is 0 Å². The second kappa shape index (κ2) is 27.0. The zero-order valence-electron chi connectivity index (χ0n) is 21.2. The van der Waals surface area contributed by atoms with E-state index in [4.69, 9.17) is 4.74 Å². The van der Waals surface area contributed by atoms with Crippen LogP contribution in [0.15, 0.2) is 24.3 Å². The third-order valence-electron chi connectivity index (χ3n) is 5.84. The van der Waals surface area contributed by atoms with Crippen LogP contribution in [-0.2, 0) is 9.53 Å². The second-order valence-electron chi connectivity index (χ2n) is 9.03. The SMILES string of the molecule is CCCCC/C=C/C/C=C/CCCCCCCC(=O)OCCCCCCCCCCC. The van der Waals surface area contributed by atoms with E-state index < -0.39 is 0 Å². The molecule has 2 nitrogen and oxygen atoms in total. The minimum Gasteiger partial charge on any atom is -0.466 e. The van der Waals surface area contributed by atoms with Crippen LogP contribution in [-0.4, -0.2) is 12.6 Å². The van der Waals surface area contributed by atoms with Crippen LogP contribution in [0.25, 0.3) is 0 Å². The van der Waals surface area contributed by atoms with E-state index in [9.17, 15) is 4.79 Å². The second-order valence-corrected chi connectivity index (χ2v) is 9.03. The highest BCUT2D eigenvalue weighted by atomic mass is 16.5. The first kappa shape index (κ1) is 29.9. The fourth-order valence-electron chi connectivity index (χ4n) is 3.75. The van der Waals surface area contributed by atoms with Crippen LogP contribution in [0.2, 0.25) is 0 Å². The van der Waals surface area contributed by atoms with Crippen molar-refractivity contribution in [2.24, 2.45) is 0 Å². The Labute approximate surface area is 195 Å². The van der Waals surface area contributed by atoms with Crippen molar-refractivity contribution in [3.05, 3.63) is 24.3 Å². The molecule has 0 saturated heterocycles. The van der Waals surface area contributed by atoms with E-state index in [1.807, 2.05) is 0 Å². The number of ether oxygens (including phenoxy) is 1. The Kier molecular flexibility index (Phi) is 26.1. The Hall–Kier alpha value is -1.05.